The summed E-state index contributed by atoms with van der Waals surface area (Å²) in [4.78, 5) is 11.9. The first kappa shape index (κ1) is 17.1. The van der Waals surface area contributed by atoms with Crippen molar-refractivity contribution < 1.29 is 9.90 Å². The van der Waals surface area contributed by atoms with Gasteiger partial charge in [0.15, 0.2) is 0 Å². The summed E-state index contributed by atoms with van der Waals surface area (Å²) in [5.74, 6) is 0.131. The Balaban J connectivity index is 2.11. The first-order chi connectivity index (χ1) is 9.75. The van der Waals surface area contributed by atoms with Gasteiger partial charge < -0.3 is 10.4 Å². The van der Waals surface area contributed by atoms with E-state index in [0.29, 0.717) is 5.56 Å². The molecule has 0 radical (unpaired) electrons. The van der Waals surface area contributed by atoms with Crippen molar-refractivity contribution in [2.24, 2.45) is 0 Å². The molecule has 2 N–H and O–H groups in total. The summed E-state index contributed by atoms with van der Waals surface area (Å²) in [5.41, 5.74) is 0.412. The number of rotatable bonds is 11. The second-order valence-electron chi connectivity index (χ2n) is 4.81. The lowest BCUT2D eigenvalue weighted by molar-refractivity contribution is 0.0693. The third-order valence-electron chi connectivity index (χ3n) is 3.08. The molecule has 0 atom stereocenters. The molecule has 0 amide bonds. The lowest BCUT2D eigenvalue weighted by Gasteiger charge is -2.06. The van der Waals surface area contributed by atoms with Crippen LogP contribution in [0.4, 0.5) is 0 Å². The van der Waals surface area contributed by atoms with Crippen molar-refractivity contribution in [1.82, 2.24) is 5.32 Å². The Kier molecular flexibility index (Phi) is 9.16. The number of aromatic carboxylic acids is 1. The molecule has 0 unspecified atom stereocenters. The van der Waals surface area contributed by atoms with E-state index in [0.717, 1.165) is 36.6 Å². The maximum absolute atomic E-state index is 11.1. The van der Waals surface area contributed by atoms with E-state index in [1.807, 2.05) is 12.1 Å². The number of hydrogen-bond donors (Lipinski definition) is 2. The van der Waals surface area contributed by atoms with Crippen molar-refractivity contribution >= 4 is 17.7 Å². The highest BCUT2D eigenvalue weighted by Crippen LogP contribution is 2.23. The van der Waals surface area contributed by atoms with Crippen molar-refractivity contribution in [2.75, 3.05) is 18.8 Å². The molecule has 1 aromatic rings. The van der Waals surface area contributed by atoms with Crippen LogP contribution in [0.3, 0.4) is 0 Å². The van der Waals surface area contributed by atoms with E-state index >= 15 is 0 Å². The predicted molar refractivity (Wildman–Crippen MR) is 85.8 cm³/mol. The van der Waals surface area contributed by atoms with Crippen LogP contribution in [0, 0.1) is 0 Å². The Morgan fingerprint density at radius 3 is 2.55 bits per heavy atom. The van der Waals surface area contributed by atoms with Crippen LogP contribution in [-0.4, -0.2) is 29.9 Å². The fourth-order valence-electron chi connectivity index (χ4n) is 1.93. The largest absolute Gasteiger partial charge is 0.478 e. The zero-order valence-electron chi connectivity index (χ0n) is 12.2. The second-order valence-corrected chi connectivity index (χ2v) is 5.95. The lowest BCUT2D eigenvalue weighted by Crippen LogP contribution is -2.16. The van der Waals surface area contributed by atoms with Gasteiger partial charge in [-0.05, 0) is 50.2 Å². The van der Waals surface area contributed by atoms with E-state index in [1.165, 1.54) is 19.3 Å². The first-order valence-electron chi connectivity index (χ1n) is 7.41. The number of carboxylic acid groups (broad SMARTS) is 1. The Bertz CT molecular complexity index is 396. The minimum atomic E-state index is -0.842. The van der Waals surface area contributed by atoms with Gasteiger partial charge in [0.05, 0.1) is 5.56 Å². The van der Waals surface area contributed by atoms with Crippen LogP contribution in [0.1, 0.15) is 49.4 Å². The summed E-state index contributed by atoms with van der Waals surface area (Å²) >= 11 is 1.64. The molecule has 0 bridgehead atoms. The maximum Gasteiger partial charge on any atom is 0.336 e. The highest BCUT2D eigenvalue weighted by atomic mass is 32.2. The molecule has 0 aromatic heterocycles. The van der Waals surface area contributed by atoms with Gasteiger partial charge in [0.25, 0.3) is 0 Å². The molecule has 4 heteroatoms. The Labute approximate surface area is 126 Å². The van der Waals surface area contributed by atoms with E-state index in [-0.39, 0.29) is 0 Å². The van der Waals surface area contributed by atoms with Crippen LogP contribution in [-0.2, 0) is 0 Å². The van der Waals surface area contributed by atoms with Crippen LogP contribution in [0.15, 0.2) is 29.2 Å². The number of carboxylic acids is 1. The minimum absolute atomic E-state index is 0.412. The molecular formula is C16H25NO2S. The summed E-state index contributed by atoms with van der Waals surface area (Å²) in [6.07, 6.45) is 6.08. The van der Waals surface area contributed by atoms with Gasteiger partial charge in [0.2, 0.25) is 0 Å². The molecule has 1 aromatic carbocycles. The third kappa shape index (κ3) is 6.96. The van der Waals surface area contributed by atoms with Crippen molar-refractivity contribution in [3.8, 4) is 0 Å². The van der Waals surface area contributed by atoms with E-state index < -0.39 is 5.97 Å². The van der Waals surface area contributed by atoms with E-state index in [1.54, 1.807) is 23.9 Å². The van der Waals surface area contributed by atoms with E-state index in [9.17, 15) is 4.79 Å². The molecule has 112 valence electrons. The highest BCUT2D eigenvalue weighted by Gasteiger charge is 2.08. The summed E-state index contributed by atoms with van der Waals surface area (Å²) < 4.78 is 0. The monoisotopic (exact) mass is 295 g/mol. The summed E-state index contributed by atoms with van der Waals surface area (Å²) in [6, 6.07) is 7.22. The molecule has 3 nitrogen and oxygen atoms in total. The predicted octanol–water partition coefficient (Wildman–Crippen LogP) is 4.04. The van der Waals surface area contributed by atoms with Gasteiger partial charge in [-0.15, -0.1) is 11.8 Å². The number of carbonyl (C=O) groups is 1. The van der Waals surface area contributed by atoms with Crippen molar-refractivity contribution in [2.45, 2.75) is 43.9 Å². The van der Waals surface area contributed by atoms with Crippen LogP contribution in [0.25, 0.3) is 0 Å². The molecule has 0 fully saturated rings. The first-order valence-corrected chi connectivity index (χ1v) is 8.40. The van der Waals surface area contributed by atoms with Gasteiger partial charge in [-0.3, -0.25) is 0 Å². The van der Waals surface area contributed by atoms with E-state index in [4.69, 9.17) is 5.11 Å². The summed E-state index contributed by atoms with van der Waals surface area (Å²) in [6.45, 7) is 4.39. The molecule has 0 saturated carbocycles. The van der Waals surface area contributed by atoms with Gasteiger partial charge in [-0.25, -0.2) is 4.79 Å². The fourth-order valence-corrected chi connectivity index (χ4v) is 2.98. The molecule has 0 aliphatic heterocycles. The van der Waals surface area contributed by atoms with Crippen LogP contribution in [0.2, 0.25) is 0 Å². The fraction of sp³-hybridized carbons (Fsp3) is 0.562. The van der Waals surface area contributed by atoms with Gasteiger partial charge in [-0.1, -0.05) is 31.9 Å². The standard InChI is InChI=1S/C16H25NO2S/c1-2-3-6-11-17-12-7-8-13-20-15-10-5-4-9-14(15)16(18)19/h4-5,9-10,17H,2-3,6-8,11-13H2,1H3,(H,18,19). The summed E-state index contributed by atoms with van der Waals surface area (Å²) in [7, 11) is 0. The molecule has 1 rings (SSSR count). The zero-order valence-corrected chi connectivity index (χ0v) is 13.0. The number of hydrogen-bond acceptors (Lipinski definition) is 3. The smallest absolute Gasteiger partial charge is 0.336 e. The number of unbranched alkanes of at least 4 members (excludes halogenated alkanes) is 3. The topological polar surface area (TPSA) is 49.3 Å². The minimum Gasteiger partial charge on any atom is -0.478 e. The summed E-state index contributed by atoms with van der Waals surface area (Å²) in [5, 5.41) is 12.5. The highest BCUT2D eigenvalue weighted by molar-refractivity contribution is 7.99. The Morgan fingerprint density at radius 2 is 1.85 bits per heavy atom. The molecule has 20 heavy (non-hydrogen) atoms. The molecule has 0 spiro atoms. The number of nitrogens with one attached hydrogen (secondary N) is 1. The normalized spacial score (nSPS) is 10.7. The van der Waals surface area contributed by atoms with Crippen LogP contribution < -0.4 is 5.32 Å². The molecular weight excluding hydrogens is 270 g/mol. The van der Waals surface area contributed by atoms with E-state index in [2.05, 4.69) is 12.2 Å². The SMILES string of the molecule is CCCCCNCCCCSc1ccccc1C(=O)O. The molecule has 0 heterocycles. The Morgan fingerprint density at radius 1 is 1.15 bits per heavy atom. The number of benzene rings is 1. The molecule has 0 saturated heterocycles. The van der Waals surface area contributed by atoms with Gasteiger partial charge in [0.1, 0.15) is 0 Å². The van der Waals surface area contributed by atoms with Gasteiger partial charge in [0, 0.05) is 4.90 Å². The van der Waals surface area contributed by atoms with Crippen LogP contribution >= 0.6 is 11.8 Å². The van der Waals surface area contributed by atoms with Crippen molar-refractivity contribution in [3.63, 3.8) is 0 Å². The van der Waals surface area contributed by atoms with Gasteiger partial charge in [-0.2, -0.15) is 0 Å². The second kappa shape index (κ2) is 10.7. The maximum atomic E-state index is 11.1. The number of thioether (sulfide) groups is 1. The van der Waals surface area contributed by atoms with Crippen molar-refractivity contribution in [1.29, 1.82) is 0 Å². The van der Waals surface area contributed by atoms with Gasteiger partial charge >= 0.3 is 5.97 Å². The quantitative estimate of drug-likeness (QED) is 0.478. The van der Waals surface area contributed by atoms with Crippen molar-refractivity contribution in [3.05, 3.63) is 29.8 Å². The lowest BCUT2D eigenvalue weighted by atomic mass is 10.2. The van der Waals surface area contributed by atoms with Crippen LogP contribution in [0.5, 0.6) is 0 Å². The molecule has 0 aliphatic carbocycles. The average molecular weight is 295 g/mol. The third-order valence-corrected chi connectivity index (χ3v) is 4.24. The average Bonchev–Trinajstić information content (AvgIpc) is 2.46. The Hall–Kier alpha value is -1.00. The molecule has 0 aliphatic rings. The zero-order chi connectivity index (χ0) is 14.6.